The summed E-state index contributed by atoms with van der Waals surface area (Å²) in [6.07, 6.45) is 4.45. The fourth-order valence-corrected chi connectivity index (χ4v) is 1.71. The molecule has 0 spiro atoms. The summed E-state index contributed by atoms with van der Waals surface area (Å²) in [5, 5.41) is 11.5. The van der Waals surface area contributed by atoms with E-state index in [9.17, 15) is 9.59 Å². The van der Waals surface area contributed by atoms with Gasteiger partial charge in [0.05, 0.1) is 7.11 Å². The van der Waals surface area contributed by atoms with Crippen LogP contribution in [0.5, 0.6) is 11.5 Å². The summed E-state index contributed by atoms with van der Waals surface area (Å²) in [5.74, 6) is -0.269. The summed E-state index contributed by atoms with van der Waals surface area (Å²) in [5.41, 5.74) is 0.567. The topological polar surface area (TPSA) is 84.9 Å². The van der Waals surface area contributed by atoms with Gasteiger partial charge in [0.1, 0.15) is 11.5 Å². The Balaban J connectivity index is 2.06. The van der Waals surface area contributed by atoms with Crippen LogP contribution in [0.4, 0.5) is 0 Å². The third kappa shape index (κ3) is 4.83. The molecule has 1 aromatic rings. The number of nitrogens with one attached hydrogen (secondary N) is 1. The number of ether oxygens (including phenoxy) is 2. The first-order valence-electron chi connectivity index (χ1n) is 6.59. The molecule has 1 saturated carbocycles. The average Bonchev–Trinajstić information content (AvgIpc) is 3.27. The summed E-state index contributed by atoms with van der Waals surface area (Å²) in [4.78, 5) is 22.2. The maximum atomic E-state index is 11.6. The zero-order valence-electron chi connectivity index (χ0n) is 11.7. The highest BCUT2D eigenvalue weighted by atomic mass is 16.5. The SMILES string of the molecule is COc1ccc(C=CC(=O)O)c(OCC(=O)NC2CC2)c1. The Bertz CT molecular complexity index is 563. The van der Waals surface area contributed by atoms with Gasteiger partial charge < -0.3 is 19.9 Å². The minimum atomic E-state index is -1.05. The number of hydrogen-bond donors (Lipinski definition) is 2. The summed E-state index contributed by atoms with van der Waals surface area (Å²) in [6, 6.07) is 5.26. The van der Waals surface area contributed by atoms with Gasteiger partial charge >= 0.3 is 5.97 Å². The van der Waals surface area contributed by atoms with E-state index in [1.165, 1.54) is 13.2 Å². The third-order valence-electron chi connectivity index (χ3n) is 2.93. The van der Waals surface area contributed by atoms with Gasteiger partial charge in [0.25, 0.3) is 5.91 Å². The molecule has 0 radical (unpaired) electrons. The molecule has 6 nitrogen and oxygen atoms in total. The van der Waals surface area contributed by atoms with Gasteiger partial charge in [-0.1, -0.05) is 0 Å². The van der Waals surface area contributed by atoms with Gasteiger partial charge in [-0.25, -0.2) is 4.79 Å². The van der Waals surface area contributed by atoms with Gasteiger partial charge in [-0.3, -0.25) is 4.79 Å². The highest BCUT2D eigenvalue weighted by Gasteiger charge is 2.23. The monoisotopic (exact) mass is 291 g/mol. The van der Waals surface area contributed by atoms with Crippen LogP contribution >= 0.6 is 0 Å². The maximum Gasteiger partial charge on any atom is 0.328 e. The van der Waals surface area contributed by atoms with Crippen LogP contribution in [-0.2, 0) is 9.59 Å². The van der Waals surface area contributed by atoms with E-state index in [4.69, 9.17) is 14.6 Å². The molecule has 0 aromatic heterocycles. The molecule has 0 saturated heterocycles. The molecule has 112 valence electrons. The Kier molecular flexibility index (Phi) is 4.81. The van der Waals surface area contributed by atoms with Crippen LogP contribution in [0.1, 0.15) is 18.4 Å². The zero-order valence-corrected chi connectivity index (χ0v) is 11.7. The molecule has 1 fully saturated rings. The number of amides is 1. The number of methoxy groups -OCH3 is 1. The Morgan fingerprint density at radius 3 is 2.81 bits per heavy atom. The van der Waals surface area contributed by atoms with Crippen molar-refractivity contribution >= 4 is 18.0 Å². The number of hydrogen-bond acceptors (Lipinski definition) is 4. The number of aliphatic carboxylic acids is 1. The number of carbonyl (C=O) groups is 2. The smallest absolute Gasteiger partial charge is 0.328 e. The lowest BCUT2D eigenvalue weighted by molar-refractivity contribution is -0.131. The van der Waals surface area contributed by atoms with Gasteiger partial charge in [-0.05, 0) is 31.1 Å². The van der Waals surface area contributed by atoms with Gasteiger partial charge in [-0.2, -0.15) is 0 Å². The van der Waals surface area contributed by atoms with Crippen LogP contribution in [-0.4, -0.2) is 36.7 Å². The number of rotatable bonds is 7. The first-order chi connectivity index (χ1) is 10.1. The molecule has 2 rings (SSSR count). The highest BCUT2D eigenvalue weighted by Crippen LogP contribution is 2.26. The van der Waals surface area contributed by atoms with E-state index in [1.54, 1.807) is 18.2 Å². The zero-order chi connectivity index (χ0) is 15.2. The number of carboxylic acids is 1. The van der Waals surface area contributed by atoms with E-state index < -0.39 is 5.97 Å². The van der Waals surface area contributed by atoms with Crippen LogP contribution in [0.15, 0.2) is 24.3 Å². The van der Waals surface area contributed by atoms with Crippen molar-refractivity contribution in [3.05, 3.63) is 29.8 Å². The molecule has 0 atom stereocenters. The van der Waals surface area contributed by atoms with Crippen molar-refractivity contribution in [1.82, 2.24) is 5.32 Å². The molecule has 1 aromatic carbocycles. The molecule has 1 amide bonds. The van der Waals surface area contributed by atoms with Crippen LogP contribution in [0.25, 0.3) is 6.08 Å². The molecule has 1 aliphatic carbocycles. The van der Waals surface area contributed by atoms with Gasteiger partial charge in [0.15, 0.2) is 6.61 Å². The molecule has 21 heavy (non-hydrogen) atoms. The lowest BCUT2D eigenvalue weighted by Gasteiger charge is -2.11. The lowest BCUT2D eigenvalue weighted by atomic mass is 10.1. The fourth-order valence-electron chi connectivity index (χ4n) is 1.71. The van der Waals surface area contributed by atoms with E-state index in [0.717, 1.165) is 18.9 Å². The van der Waals surface area contributed by atoms with Crippen LogP contribution in [0.2, 0.25) is 0 Å². The second-order valence-corrected chi connectivity index (χ2v) is 4.71. The Morgan fingerprint density at radius 2 is 2.19 bits per heavy atom. The van der Waals surface area contributed by atoms with Crippen molar-refractivity contribution < 1.29 is 24.2 Å². The Labute approximate surface area is 122 Å². The highest BCUT2D eigenvalue weighted by molar-refractivity contribution is 5.86. The van der Waals surface area contributed by atoms with Crippen molar-refractivity contribution in [3.8, 4) is 11.5 Å². The number of carboxylic acid groups (broad SMARTS) is 1. The molecule has 0 bridgehead atoms. The van der Waals surface area contributed by atoms with E-state index in [-0.39, 0.29) is 18.6 Å². The second-order valence-electron chi connectivity index (χ2n) is 4.71. The molecule has 0 unspecified atom stereocenters. The average molecular weight is 291 g/mol. The van der Waals surface area contributed by atoms with Crippen molar-refractivity contribution in [2.45, 2.75) is 18.9 Å². The van der Waals surface area contributed by atoms with Crippen molar-refractivity contribution in [2.24, 2.45) is 0 Å². The maximum absolute atomic E-state index is 11.6. The molecule has 2 N–H and O–H groups in total. The van der Waals surface area contributed by atoms with E-state index in [1.807, 2.05) is 0 Å². The minimum Gasteiger partial charge on any atom is -0.497 e. The Hall–Kier alpha value is -2.50. The summed E-state index contributed by atoms with van der Waals surface area (Å²) >= 11 is 0. The van der Waals surface area contributed by atoms with Crippen LogP contribution in [0, 0.1) is 0 Å². The predicted molar refractivity (Wildman–Crippen MR) is 76.3 cm³/mol. The largest absolute Gasteiger partial charge is 0.497 e. The number of benzene rings is 1. The van der Waals surface area contributed by atoms with E-state index in [0.29, 0.717) is 17.1 Å². The molecular weight excluding hydrogens is 274 g/mol. The van der Waals surface area contributed by atoms with Gasteiger partial charge in [-0.15, -0.1) is 0 Å². The van der Waals surface area contributed by atoms with E-state index in [2.05, 4.69) is 5.32 Å². The third-order valence-corrected chi connectivity index (χ3v) is 2.93. The Morgan fingerprint density at radius 1 is 1.43 bits per heavy atom. The predicted octanol–water partition coefficient (Wildman–Crippen LogP) is 1.45. The van der Waals surface area contributed by atoms with Crippen LogP contribution < -0.4 is 14.8 Å². The number of carbonyl (C=O) groups excluding carboxylic acids is 1. The standard InChI is InChI=1S/C15H17NO5/c1-20-12-6-2-10(3-7-15(18)19)13(8-12)21-9-14(17)16-11-4-5-11/h2-3,6-8,11H,4-5,9H2,1H3,(H,16,17)(H,18,19). The normalized spacial score (nSPS) is 14.0. The quantitative estimate of drug-likeness (QED) is 0.743. The van der Waals surface area contributed by atoms with Crippen molar-refractivity contribution in [1.29, 1.82) is 0 Å². The van der Waals surface area contributed by atoms with Gasteiger partial charge in [0.2, 0.25) is 0 Å². The van der Waals surface area contributed by atoms with Crippen LogP contribution in [0.3, 0.4) is 0 Å². The molecule has 0 heterocycles. The molecule has 1 aliphatic rings. The first kappa shape index (κ1) is 14.9. The van der Waals surface area contributed by atoms with Crippen molar-refractivity contribution in [3.63, 3.8) is 0 Å². The first-order valence-corrected chi connectivity index (χ1v) is 6.59. The van der Waals surface area contributed by atoms with E-state index >= 15 is 0 Å². The molecule has 0 aliphatic heterocycles. The summed E-state index contributed by atoms with van der Waals surface area (Å²) in [7, 11) is 1.52. The second kappa shape index (κ2) is 6.78. The van der Waals surface area contributed by atoms with Crippen molar-refractivity contribution in [2.75, 3.05) is 13.7 Å². The fraction of sp³-hybridized carbons (Fsp3) is 0.333. The van der Waals surface area contributed by atoms with Gasteiger partial charge in [0, 0.05) is 23.7 Å². The molecule has 6 heteroatoms. The minimum absolute atomic E-state index is 0.114. The summed E-state index contributed by atoms with van der Waals surface area (Å²) < 4.78 is 10.6. The molecular formula is C15H17NO5. The summed E-state index contributed by atoms with van der Waals surface area (Å²) in [6.45, 7) is -0.114. The lowest BCUT2D eigenvalue weighted by Crippen LogP contribution is -2.30.